The fraction of sp³-hybridized carbons (Fsp3) is 0.333. The maximum atomic E-state index is 5.76. The molecule has 0 radical (unpaired) electrons. The Morgan fingerprint density at radius 2 is 1.15 bits per heavy atom. The molecule has 0 amide bonds. The molecule has 2 aliphatic rings. The van der Waals surface area contributed by atoms with Crippen molar-refractivity contribution in [1.82, 2.24) is 0 Å². The van der Waals surface area contributed by atoms with Gasteiger partial charge in [0, 0.05) is 23.0 Å². The third-order valence-corrected chi connectivity index (χ3v) is 4.46. The summed E-state index contributed by atoms with van der Waals surface area (Å²) in [6.07, 6.45) is 2.33. The predicted octanol–water partition coefficient (Wildman–Crippen LogP) is 4.12. The number of para-hydroxylation sites is 2. The van der Waals surface area contributed by atoms with Crippen LogP contribution in [0.4, 0.5) is 0 Å². The predicted molar refractivity (Wildman–Crippen MR) is 78.6 cm³/mol. The van der Waals surface area contributed by atoms with Crippen LogP contribution in [0.3, 0.4) is 0 Å². The number of hydrogen-bond donors (Lipinski definition) is 0. The molecule has 0 spiro atoms. The van der Waals surface area contributed by atoms with E-state index in [9.17, 15) is 0 Å². The average Bonchev–Trinajstić information content (AvgIpc) is 3.09. The lowest BCUT2D eigenvalue weighted by Gasteiger charge is -2.12. The van der Waals surface area contributed by atoms with E-state index < -0.39 is 0 Å². The molecular formula is C18H18O2. The van der Waals surface area contributed by atoms with Crippen molar-refractivity contribution in [3.05, 3.63) is 59.7 Å². The molecule has 20 heavy (non-hydrogen) atoms. The number of fused-ring (bicyclic) bond motifs is 2. The zero-order valence-corrected chi connectivity index (χ0v) is 11.4. The Morgan fingerprint density at radius 3 is 1.65 bits per heavy atom. The van der Waals surface area contributed by atoms with Gasteiger partial charge >= 0.3 is 0 Å². The minimum Gasteiger partial charge on any atom is -0.493 e. The summed E-state index contributed by atoms with van der Waals surface area (Å²) in [6, 6.07) is 16.8. The number of benzene rings is 2. The molecule has 0 saturated carbocycles. The van der Waals surface area contributed by atoms with E-state index in [4.69, 9.17) is 9.47 Å². The van der Waals surface area contributed by atoms with Gasteiger partial charge in [-0.15, -0.1) is 0 Å². The Hall–Kier alpha value is -1.96. The highest BCUT2D eigenvalue weighted by Crippen LogP contribution is 2.41. The highest BCUT2D eigenvalue weighted by atomic mass is 16.5. The molecule has 0 fully saturated rings. The number of rotatable bonds is 3. The van der Waals surface area contributed by atoms with Crippen LogP contribution < -0.4 is 9.47 Å². The quantitative estimate of drug-likeness (QED) is 0.832. The molecule has 2 aromatic rings. The third-order valence-electron chi connectivity index (χ3n) is 4.46. The van der Waals surface area contributed by atoms with Crippen molar-refractivity contribution in [3.63, 3.8) is 0 Å². The van der Waals surface area contributed by atoms with Crippen molar-refractivity contribution in [2.75, 3.05) is 13.2 Å². The Balaban J connectivity index is 1.45. The highest BCUT2D eigenvalue weighted by molar-refractivity contribution is 5.41. The first-order chi connectivity index (χ1) is 9.92. The summed E-state index contributed by atoms with van der Waals surface area (Å²) in [5, 5.41) is 0. The van der Waals surface area contributed by atoms with Crippen LogP contribution >= 0.6 is 0 Å². The Kier molecular flexibility index (Phi) is 2.87. The van der Waals surface area contributed by atoms with Crippen molar-refractivity contribution in [1.29, 1.82) is 0 Å². The molecule has 102 valence electrons. The second-order valence-electron chi connectivity index (χ2n) is 5.67. The number of ether oxygens (including phenoxy) is 2. The Labute approximate surface area is 119 Å². The lowest BCUT2D eigenvalue weighted by atomic mass is 9.89. The molecule has 2 atom stereocenters. The largest absolute Gasteiger partial charge is 0.493 e. The Morgan fingerprint density at radius 1 is 0.700 bits per heavy atom. The first-order valence-corrected chi connectivity index (χ1v) is 7.35. The molecular weight excluding hydrogens is 248 g/mol. The molecule has 0 N–H and O–H groups in total. The van der Waals surface area contributed by atoms with Crippen molar-refractivity contribution < 1.29 is 9.47 Å². The maximum absolute atomic E-state index is 5.76. The second-order valence-corrected chi connectivity index (χ2v) is 5.67. The normalized spacial score (nSPS) is 22.8. The molecule has 0 bridgehead atoms. The van der Waals surface area contributed by atoms with Crippen molar-refractivity contribution in [3.8, 4) is 11.5 Å². The van der Waals surface area contributed by atoms with Gasteiger partial charge in [0.05, 0.1) is 13.2 Å². The fourth-order valence-electron chi connectivity index (χ4n) is 3.34. The zero-order valence-electron chi connectivity index (χ0n) is 11.4. The van der Waals surface area contributed by atoms with E-state index in [-0.39, 0.29) is 0 Å². The fourth-order valence-corrected chi connectivity index (χ4v) is 3.34. The summed E-state index contributed by atoms with van der Waals surface area (Å²) in [4.78, 5) is 0. The van der Waals surface area contributed by atoms with Gasteiger partial charge in [-0.3, -0.25) is 0 Å². The van der Waals surface area contributed by atoms with Gasteiger partial charge in [0.15, 0.2) is 0 Å². The van der Waals surface area contributed by atoms with Crippen LogP contribution in [0.5, 0.6) is 11.5 Å². The summed E-state index contributed by atoms with van der Waals surface area (Å²) in [6.45, 7) is 1.66. The molecule has 2 aliphatic heterocycles. The van der Waals surface area contributed by atoms with Crippen LogP contribution in [0.2, 0.25) is 0 Å². The second kappa shape index (κ2) is 4.86. The van der Waals surface area contributed by atoms with Crippen molar-refractivity contribution in [2.45, 2.75) is 24.7 Å². The SMILES string of the molecule is c1ccc2c(c1)OCC2CCC1COc2ccccc21. The monoisotopic (exact) mass is 266 g/mol. The molecule has 2 aromatic carbocycles. The van der Waals surface area contributed by atoms with Crippen molar-refractivity contribution >= 4 is 0 Å². The summed E-state index contributed by atoms with van der Waals surface area (Å²) in [7, 11) is 0. The highest BCUT2D eigenvalue weighted by Gasteiger charge is 2.28. The van der Waals surface area contributed by atoms with Crippen LogP contribution in [0.15, 0.2) is 48.5 Å². The van der Waals surface area contributed by atoms with Gasteiger partial charge in [0.2, 0.25) is 0 Å². The summed E-state index contributed by atoms with van der Waals surface area (Å²) in [5.41, 5.74) is 2.75. The summed E-state index contributed by atoms with van der Waals surface area (Å²) < 4.78 is 11.5. The van der Waals surface area contributed by atoms with Gasteiger partial charge in [-0.1, -0.05) is 36.4 Å². The topological polar surface area (TPSA) is 18.5 Å². The van der Waals surface area contributed by atoms with Crippen LogP contribution in [0, 0.1) is 0 Å². The van der Waals surface area contributed by atoms with E-state index >= 15 is 0 Å². The van der Waals surface area contributed by atoms with E-state index in [1.165, 1.54) is 24.0 Å². The maximum Gasteiger partial charge on any atom is 0.122 e. The van der Waals surface area contributed by atoms with Gasteiger partial charge in [-0.05, 0) is 25.0 Å². The first-order valence-electron chi connectivity index (χ1n) is 7.35. The minimum absolute atomic E-state index is 0.541. The third kappa shape index (κ3) is 1.96. The van der Waals surface area contributed by atoms with Gasteiger partial charge in [-0.2, -0.15) is 0 Å². The number of hydrogen-bond acceptors (Lipinski definition) is 2. The van der Waals surface area contributed by atoms with Crippen molar-refractivity contribution in [2.24, 2.45) is 0 Å². The molecule has 0 aromatic heterocycles. The smallest absolute Gasteiger partial charge is 0.122 e. The van der Waals surface area contributed by atoms with Gasteiger partial charge in [-0.25, -0.2) is 0 Å². The molecule has 2 heterocycles. The summed E-state index contributed by atoms with van der Waals surface area (Å²) in [5.74, 6) is 3.22. The van der Waals surface area contributed by atoms with Crippen LogP contribution in [-0.2, 0) is 0 Å². The minimum atomic E-state index is 0.541. The van der Waals surface area contributed by atoms with Crippen LogP contribution in [-0.4, -0.2) is 13.2 Å². The van der Waals surface area contributed by atoms with Gasteiger partial charge in [0.25, 0.3) is 0 Å². The molecule has 0 saturated heterocycles. The average molecular weight is 266 g/mol. The Bertz CT molecular complexity index is 565. The van der Waals surface area contributed by atoms with E-state index in [2.05, 4.69) is 36.4 Å². The van der Waals surface area contributed by atoms with E-state index in [1.807, 2.05) is 12.1 Å². The van der Waals surface area contributed by atoms with Crippen LogP contribution in [0.25, 0.3) is 0 Å². The summed E-state index contributed by atoms with van der Waals surface area (Å²) >= 11 is 0. The molecule has 2 unspecified atom stereocenters. The molecule has 2 heteroatoms. The molecule has 0 aliphatic carbocycles. The molecule has 2 nitrogen and oxygen atoms in total. The van der Waals surface area contributed by atoms with E-state index in [0.717, 1.165) is 24.7 Å². The standard InChI is InChI=1S/C18H18O2/c1-3-7-17-15(5-1)13(11-19-17)9-10-14-12-20-18-8-4-2-6-16(14)18/h1-8,13-14H,9-12H2. The van der Waals surface area contributed by atoms with Gasteiger partial charge in [0.1, 0.15) is 11.5 Å². The molecule has 4 rings (SSSR count). The lowest BCUT2D eigenvalue weighted by molar-refractivity contribution is 0.302. The van der Waals surface area contributed by atoms with E-state index in [0.29, 0.717) is 11.8 Å². The lowest BCUT2D eigenvalue weighted by Crippen LogP contribution is -2.06. The van der Waals surface area contributed by atoms with Crippen LogP contribution in [0.1, 0.15) is 35.8 Å². The zero-order chi connectivity index (χ0) is 13.4. The van der Waals surface area contributed by atoms with E-state index in [1.54, 1.807) is 0 Å². The first kappa shape index (κ1) is 11.8. The van der Waals surface area contributed by atoms with Gasteiger partial charge < -0.3 is 9.47 Å².